The van der Waals surface area contributed by atoms with Crippen LogP contribution in [-0.4, -0.2) is 37.4 Å². The topological polar surface area (TPSA) is 137 Å². The number of nitrogens with one attached hydrogen (secondary N) is 1. The van der Waals surface area contributed by atoms with Crippen LogP contribution in [0.15, 0.2) is 69.2 Å². The lowest BCUT2D eigenvalue weighted by Gasteiger charge is -2.09. The van der Waals surface area contributed by atoms with Crippen molar-refractivity contribution in [3.05, 3.63) is 77.1 Å². The van der Waals surface area contributed by atoms with Crippen LogP contribution in [0.2, 0.25) is 0 Å². The number of hydrogen-bond acceptors (Lipinski definition) is 9. The second-order valence-electron chi connectivity index (χ2n) is 6.66. The second kappa shape index (κ2) is 9.74. The summed E-state index contributed by atoms with van der Waals surface area (Å²) in [5.41, 5.74) is 7.03. The van der Waals surface area contributed by atoms with Gasteiger partial charge in [0.2, 0.25) is 11.6 Å². The third kappa shape index (κ3) is 5.06. The molecule has 3 N–H and O–H groups in total. The first-order valence-corrected chi connectivity index (χ1v) is 10.5. The number of thioether (sulfide) groups is 1. The molecule has 4 rings (SSSR count). The zero-order valence-electron chi connectivity index (χ0n) is 17.1. The molecule has 0 aliphatic carbocycles. The van der Waals surface area contributed by atoms with E-state index in [0.717, 1.165) is 17.2 Å². The van der Waals surface area contributed by atoms with E-state index in [-0.39, 0.29) is 28.6 Å². The first kappa shape index (κ1) is 23.0. The molecule has 0 saturated heterocycles. The average Bonchev–Trinajstić information content (AvgIpc) is 3.43. The normalized spacial score (nSPS) is 11.7. The molecule has 0 aliphatic rings. The van der Waals surface area contributed by atoms with Gasteiger partial charge in [-0.2, -0.15) is 23.0 Å². The number of halogens is 3. The third-order valence-corrected chi connectivity index (χ3v) is 5.45. The van der Waals surface area contributed by atoms with Gasteiger partial charge in [0, 0.05) is 16.2 Å². The van der Waals surface area contributed by atoms with Crippen LogP contribution in [0.25, 0.3) is 5.82 Å². The minimum atomic E-state index is -4.57. The van der Waals surface area contributed by atoms with E-state index in [2.05, 4.69) is 35.8 Å². The number of alkyl halides is 3. The van der Waals surface area contributed by atoms with Crippen LogP contribution < -0.4 is 11.2 Å². The van der Waals surface area contributed by atoms with E-state index < -0.39 is 17.6 Å². The highest BCUT2D eigenvalue weighted by Gasteiger charge is 2.32. The Hall–Kier alpha value is -4.20. The molecular weight excluding hydrogens is 473 g/mol. The number of nitrogen functional groups attached to an aromatic ring is 1. The van der Waals surface area contributed by atoms with Crippen molar-refractivity contribution in [3.8, 4) is 5.82 Å². The number of hydrazone groups is 1. The predicted molar refractivity (Wildman–Crippen MR) is 116 cm³/mol. The predicted octanol–water partition coefficient (Wildman–Crippen LogP) is 3.31. The second-order valence-corrected chi connectivity index (χ2v) is 7.70. The molecule has 0 radical (unpaired) electrons. The Morgan fingerprint density at radius 3 is 2.59 bits per heavy atom. The van der Waals surface area contributed by atoms with Gasteiger partial charge in [-0.25, -0.2) is 10.1 Å². The Morgan fingerprint density at radius 2 is 1.88 bits per heavy atom. The number of amides is 1. The molecule has 2 aromatic heterocycles. The zero-order valence-corrected chi connectivity index (χ0v) is 17.9. The molecule has 0 fully saturated rings. The van der Waals surface area contributed by atoms with Gasteiger partial charge >= 0.3 is 6.18 Å². The van der Waals surface area contributed by atoms with E-state index in [0.29, 0.717) is 5.69 Å². The summed E-state index contributed by atoms with van der Waals surface area (Å²) in [4.78, 5) is 13.7. The molecule has 2 aromatic carbocycles. The van der Waals surface area contributed by atoms with Crippen LogP contribution in [0.1, 0.15) is 27.3 Å². The maximum atomic E-state index is 13.1. The highest BCUT2D eigenvalue weighted by molar-refractivity contribution is 7.98. The summed E-state index contributed by atoms with van der Waals surface area (Å²) in [5, 5.41) is 18.6. The minimum absolute atomic E-state index is 0.0396. The largest absolute Gasteiger partial charge is 0.417 e. The van der Waals surface area contributed by atoms with Crippen molar-refractivity contribution >= 4 is 29.7 Å². The number of anilines is 1. The monoisotopic (exact) mass is 488 g/mol. The Balaban J connectivity index is 1.58. The number of carbonyl (C=O) groups is 1. The van der Waals surface area contributed by atoms with E-state index in [9.17, 15) is 18.0 Å². The molecule has 14 heteroatoms. The maximum Gasteiger partial charge on any atom is 0.417 e. The number of nitrogens with two attached hydrogens (primary N) is 1. The van der Waals surface area contributed by atoms with Gasteiger partial charge in [0.1, 0.15) is 0 Å². The van der Waals surface area contributed by atoms with Crippen molar-refractivity contribution in [1.82, 2.24) is 30.7 Å². The lowest BCUT2D eigenvalue weighted by Crippen LogP contribution is -2.20. The van der Waals surface area contributed by atoms with Crippen LogP contribution in [-0.2, 0) is 11.9 Å². The summed E-state index contributed by atoms with van der Waals surface area (Å²) in [5.74, 6) is -0.583. The molecule has 0 atom stereocenters. The van der Waals surface area contributed by atoms with Crippen molar-refractivity contribution < 1.29 is 22.6 Å². The molecule has 10 nitrogen and oxygen atoms in total. The van der Waals surface area contributed by atoms with Crippen molar-refractivity contribution in [1.29, 1.82) is 0 Å². The van der Waals surface area contributed by atoms with Crippen LogP contribution in [0, 0.1) is 0 Å². The summed E-state index contributed by atoms with van der Waals surface area (Å²) in [6, 6.07) is 14.2. The molecule has 0 spiro atoms. The summed E-state index contributed by atoms with van der Waals surface area (Å²) in [6.45, 7) is 0. The first-order valence-electron chi connectivity index (χ1n) is 9.55. The Morgan fingerprint density at radius 1 is 1.15 bits per heavy atom. The van der Waals surface area contributed by atoms with E-state index in [1.54, 1.807) is 0 Å². The van der Waals surface area contributed by atoms with Crippen molar-refractivity contribution in [2.24, 2.45) is 5.10 Å². The Bertz CT molecular complexity index is 1320. The number of hydrogen-bond donors (Lipinski definition) is 2. The van der Waals surface area contributed by atoms with E-state index in [1.165, 1.54) is 34.6 Å². The Kier molecular flexibility index (Phi) is 6.58. The van der Waals surface area contributed by atoms with Crippen molar-refractivity contribution in [2.45, 2.75) is 16.8 Å². The smallest absolute Gasteiger partial charge is 0.378 e. The molecule has 0 aliphatic heterocycles. The van der Waals surface area contributed by atoms with E-state index in [4.69, 9.17) is 5.73 Å². The van der Waals surface area contributed by atoms with Gasteiger partial charge in [0.25, 0.3) is 5.91 Å². The number of carbonyl (C=O) groups excluding carboxylic acids is 1. The first-order chi connectivity index (χ1) is 16.3. The van der Waals surface area contributed by atoms with Gasteiger partial charge in [-0.15, -0.1) is 16.9 Å². The number of aromatic nitrogens is 5. The molecule has 0 unspecified atom stereocenters. The highest BCUT2D eigenvalue weighted by atomic mass is 32.2. The lowest BCUT2D eigenvalue weighted by molar-refractivity contribution is -0.137. The number of rotatable bonds is 7. The standard InChI is InChI=1S/C20H15F3N8O2S/c21-20(22,23)14-9-5-4-6-12(14)10-25-27-19(32)16-15(11-34-13-7-2-1-3-8-13)31(30-26-16)18-17(24)28-33-29-18/h1-10H,11H2,(H2,24,28)(H,27,32)/b25-10+. The molecule has 4 aromatic rings. The fraction of sp³-hybridized carbons (Fsp3) is 0.100. The Labute approximate surface area is 194 Å². The van der Waals surface area contributed by atoms with E-state index in [1.807, 2.05) is 30.3 Å². The van der Waals surface area contributed by atoms with Gasteiger partial charge in [0.05, 0.1) is 17.5 Å². The zero-order chi connectivity index (χ0) is 24.1. The van der Waals surface area contributed by atoms with Gasteiger partial charge in [-0.3, -0.25) is 4.79 Å². The van der Waals surface area contributed by atoms with Gasteiger partial charge in [-0.05, 0) is 28.5 Å². The summed E-state index contributed by atoms with van der Waals surface area (Å²) < 4.78 is 45.2. The molecular formula is C20H15F3N8O2S. The molecule has 2 heterocycles. The summed E-state index contributed by atoms with van der Waals surface area (Å²) >= 11 is 1.39. The summed E-state index contributed by atoms with van der Waals surface area (Å²) in [7, 11) is 0. The van der Waals surface area contributed by atoms with Crippen LogP contribution in [0.4, 0.5) is 19.0 Å². The lowest BCUT2D eigenvalue weighted by atomic mass is 10.1. The molecule has 34 heavy (non-hydrogen) atoms. The van der Waals surface area contributed by atoms with Crippen LogP contribution >= 0.6 is 11.8 Å². The third-order valence-electron chi connectivity index (χ3n) is 4.43. The number of nitrogens with zero attached hydrogens (tertiary/aromatic N) is 6. The highest BCUT2D eigenvalue weighted by Crippen LogP contribution is 2.31. The van der Waals surface area contributed by atoms with Crippen LogP contribution in [0.3, 0.4) is 0 Å². The maximum absolute atomic E-state index is 13.1. The number of benzene rings is 2. The van der Waals surface area contributed by atoms with Gasteiger partial charge < -0.3 is 5.73 Å². The molecule has 0 saturated carbocycles. The van der Waals surface area contributed by atoms with E-state index >= 15 is 0 Å². The molecule has 174 valence electrons. The van der Waals surface area contributed by atoms with Crippen LogP contribution in [0.5, 0.6) is 0 Å². The molecule has 0 bridgehead atoms. The van der Waals surface area contributed by atoms with Gasteiger partial charge in [0.15, 0.2) is 5.69 Å². The SMILES string of the molecule is Nc1nonc1-n1nnc(C(=O)N/N=C/c2ccccc2C(F)(F)F)c1CSc1ccccc1. The fourth-order valence-corrected chi connectivity index (χ4v) is 3.78. The molecule has 1 amide bonds. The van der Waals surface area contributed by atoms with Crippen molar-refractivity contribution in [2.75, 3.05) is 5.73 Å². The van der Waals surface area contributed by atoms with Crippen molar-refractivity contribution in [3.63, 3.8) is 0 Å². The van der Waals surface area contributed by atoms with Gasteiger partial charge in [-0.1, -0.05) is 41.6 Å². The minimum Gasteiger partial charge on any atom is -0.378 e. The quantitative estimate of drug-likeness (QED) is 0.230. The summed E-state index contributed by atoms with van der Waals surface area (Å²) in [6.07, 6.45) is -3.66. The average molecular weight is 488 g/mol. The fourth-order valence-electron chi connectivity index (χ4n) is 2.86.